The van der Waals surface area contributed by atoms with Gasteiger partial charge in [-0.15, -0.1) is 0 Å². The van der Waals surface area contributed by atoms with E-state index in [4.69, 9.17) is 9.84 Å². The summed E-state index contributed by atoms with van der Waals surface area (Å²) in [6.45, 7) is 2.23. The first-order chi connectivity index (χ1) is 7.56. The topological polar surface area (TPSA) is 68.5 Å². The van der Waals surface area contributed by atoms with Crippen molar-refractivity contribution >= 4 is 11.8 Å². The number of carboxylic acids is 1. The number of carbonyl (C=O) groups excluding carboxylic acids is 1. The van der Waals surface area contributed by atoms with E-state index in [1.54, 1.807) is 10.8 Å². The summed E-state index contributed by atoms with van der Waals surface area (Å²) in [7, 11) is 1.51. The molecule has 1 heterocycles. The van der Waals surface area contributed by atoms with Crippen molar-refractivity contribution in [3.05, 3.63) is 23.5 Å². The predicted molar refractivity (Wildman–Crippen MR) is 57.4 cm³/mol. The van der Waals surface area contributed by atoms with Crippen LogP contribution < -0.4 is 0 Å². The molecule has 0 bridgehead atoms. The van der Waals surface area contributed by atoms with Crippen molar-refractivity contribution in [1.82, 2.24) is 4.57 Å². The average Bonchev–Trinajstić information content (AvgIpc) is 2.59. The molecule has 0 fully saturated rings. The smallest absolute Gasteiger partial charge is 0.337 e. The quantitative estimate of drug-likeness (QED) is 0.792. The van der Waals surface area contributed by atoms with Gasteiger partial charge in [0.25, 0.3) is 0 Å². The van der Waals surface area contributed by atoms with E-state index in [1.165, 1.54) is 20.1 Å². The maximum atomic E-state index is 10.9. The molecule has 0 amide bonds. The molecule has 1 N–H and O–H groups in total. The van der Waals surface area contributed by atoms with Crippen LogP contribution in [0.25, 0.3) is 0 Å². The van der Waals surface area contributed by atoms with Crippen LogP contribution in [0.4, 0.5) is 0 Å². The van der Waals surface area contributed by atoms with Gasteiger partial charge in [0.15, 0.2) is 0 Å². The number of carbonyl (C=O) groups is 2. The Labute approximate surface area is 93.6 Å². The summed E-state index contributed by atoms with van der Waals surface area (Å²) < 4.78 is 6.70. The van der Waals surface area contributed by atoms with E-state index in [0.29, 0.717) is 18.7 Å². The van der Waals surface area contributed by atoms with Crippen molar-refractivity contribution in [2.24, 2.45) is 0 Å². The lowest BCUT2D eigenvalue weighted by molar-refractivity contribution is -0.117. The highest BCUT2D eigenvalue weighted by molar-refractivity contribution is 5.89. The molecule has 16 heavy (non-hydrogen) atoms. The second-order valence-corrected chi connectivity index (χ2v) is 3.56. The van der Waals surface area contributed by atoms with E-state index in [2.05, 4.69) is 0 Å². The molecule has 0 unspecified atom stereocenters. The van der Waals surface area contributed by atoms with Gasteiger partial charge in [0.2, 0.25) is 0 Å². The number of Topliss-reactive ketones (excluding diaryl/α,β-unsaturated/α-hetero) is 1. The molecule has 0 spiro atoms. The highest BCUT2D eigenvalue weighted by Gasteiger charge is 2.14. The summed E-state index contributed by atoms with van der Waals surface area (Å²) in [4.78, 5) is 21.8. The van der Waals surface area contributed by atoms with Crippen LogP contribution in [-0.2, 0) is 22.7 Å². The largest absolute Gasteiger partial charge is 0.478 e. The minimum absolute atomic E-state index is 0.0777. The van der Waals surface area contributed by atoms with Gasteiger partial charge in [0, 0.05) is 26.3 Å². The highest BCUT2D eigenvalue weighted by Crippen LogP contribution is 2.13. The first kappa shape index (κ1) is 12.4. The summed E-state index contributed by atoms with van der Waals surface area (Å²) in [6, 6.07) is 1.52. The van der Waals surface area contributed by atoms with E-state index < -0.39 is 5.97 Å². The molecule has 0 aliphatic heterocycles. The minimum Gasteiger partial charge on any atom is -0.478 e. The van der Waals surface area contributed by atoms with Gasteiger partial charge >= 0.3 is 5.97 Å². The van der Waals surface area contributed by atoms with Crippen LogP contribution >= 0.6 is 0 Å². The molecule has 0 saturated carbocycles. The van der Waals surface area contributed by atoms with Crippen LogP contribution in [0.2, 0.25) is 0 Å². The molecule has 1 aromatic heterocycles. The lowest BCUT2D eigenvalue weighted by Crippen LogP contribution is -2.09. The molecule has 1 rings (SSSR count). The SMILES string of the molecule is COCc1c(C(=O)O)ccn1CCC(C)=O. The summed E-state index contributed by atoms with van der Waals surface area (Å²) in [5.74, 6) is -0.900. The van der Waals surface area contributed by atoms with E-state index in [-0.39, 0.29) is 18.0 Å². The normalized spacial score (nSPS) is 10.4. The van der Waals surface area contributed by atoms with Gasteiger partial charge in [-0.2, -0.15) is 0 Å². The second-order valence-electron chi connectivity index (χ2n) is 3.56. The lowest BCUT2D eigenvalue weighted by atomic mass is 10.2. The minimum atomic E-state index is -0.978. The number of aryl methyl sites for hydroxylation is 1. The number of rotatable bonds is 6. The van der Waals surface area contributed by atoms with Crippen molar-refractivity contribution in [3.63, 3.8) is 0 Å². The number of hydrogen-bond donors (Lipinski definition) is 1. The number of ether oxygens (including phenoxy) is 1. The molecular formula is C11H15NO4. The molecule has 0 aromatic carbocycles. The first-order valence-electron chi connectivity index (χ1n) is 4.96. The van der Waals surface area contributed by atoms with E-state index in [0.717, 1.165) is 0 Å². The van der Waals surface area contributed by atoms with Crippen molar-refractivity contribution in [2.75, 3.05) is 7.11 Å². The molecule has 5 nitrogen and oxygen atoms in total. The zero-order chi connectivity index (χ0) is 12.1. The zero-order valence-electron chi connectivity index (χ0n) is 9.40. The van der Waals surface area contributed by atoms with Crippen LogP contribution in [0.1, 0.15) is 29.4 Å². The van der Waals surface area contributed by atoms with Crippen molar-refractivity contribution in [1.29, 1.82) is 0 Å². The molecule has 0 radical (unpaired) electrons. The standard InChI is InChI=1S/C11H15NO4/c1-8(13)3-5-12-6-4-9(11(14)15)10(12)7-16-2/h4,6H,3,5,7H2,1-2H3,(H,14,15). The van der Waals surface area contributed by atoms with Gasteiger partial charge in [-0.05, 0) is 13.0 Å². The maximum absolute atomic E-state index is 10.9. The van der Waals surface area contributed by atoms with E-state index >= 15 is 0 Å². The molecule has 0 saturated heterocycles. The Bertz CT molecular complexity index is 395. The van der Waals surface area contributed by atoms with Crippen LogP contribution in [0.15, 0.2) is 12.3 Å². The van der Waals surface area contributed by atoms with E-state index in [1.807, 2.05) is 0 Å². The van der Waals surface area contributed by atoms with Gasteiger partial charge in [0.05, 0.1) is 17.9 Å². The Balaban J connectivity index is 2.90. The summed E-state index contributed by atoms with van der Waals surface area (Å²) in [5.41, 5.74) is 0.821. The Morgan fingerprint density at radius 2 is 2.19 bits per heavy atom. The van der Waals surface area contributed by atoms with Gasteiger partial charge in [-0.25, -0.2) is 4.79 Å². The highest BCUT2D eigenvalue weighted by atomic mass is 16.5. The van der Waals surface area contributed by atoms with Crippen molar-refractivity contribution in [3.8, 4) is 0 Å². The van der Waals surface area contributed by atoms with Gasteiger partial charge in [-0.1, -0.05) is 0 Å². The summed E-state index contributed by atoms with van der Waals surface area (Å²) in [6.07, 6.45) is 2.06. The van der Waals surface area contributed by atoms with Gasteiger partial charge in [-0.3, -0.25) is 4.79 Å². The first-order valence-corrected chi connectivity index (χ1v) is 4.96. The molecule has 0 aliphatic carbocycles. The average molecular weight is 225 g/mol. The van der Waals surface area contributed by atoms with Crippen LogP contribution in [0.3, 0.4) is 0 Å². The number of aromatic nitrogens is 1. The molecule has 0 atom stereocenters. The maximum Gasteiger partial charge on any atom is 0.337 e. The number of methoxy groups -OCH3 is 1. The fraction of sp³-hybridized carbons (Fsp3) is 0.455. The Morgan fingerprint density at radius 1 is 1.50 bits per heavy atom. The van der Waals surface area contributed by atoms with Crippen molar-refractivity contribution in [2.45, 2.75) is 26.5 Å². The third kappa shape index (κ3) is 2.93. The van der Waals surface area contributed by atoms with Crippen LogP contribution in [0.5, 0.6) is 0 Å². The van der Waals surface area contributed by atoms with Gasteiger partial charge < -0.3 is 14.4 Å². The molecule has 5 heteroatoms. The molecule has 1 aromatic rings. The fourth-order valence-corrected chi connectivity index (χ4v) is 1.48. The van der Waals surface area contributed by atoms with Crippen LogP contribution in [-0.4, -0.2) is 28.5 Å². The number of carboxylic acid groups (broad SMARTS) is 1. The third-order valence-electron chi connectivity index (χ3n) is 2.29. The Hall–Kier alpha value is -1.62. The summed E-state index contributed by atoms with van der Waals surface area (Å²) >= 11 is 0. The summed E-state index contributed by atoms with van der Waals surface area (Å²) in [5, 5.41) is 8.95. The molecule has 0 aliphatic rings. The monoisotopic (exact) mass is 225 g/mol. The fourth-order valence-electron chi connectivity index (χ4n) is 1.48. The lowest BCUT2D eigenvalue weighted by Gasteiger charge is -2.08. The van der Waals surface area contributed by atoms with Crippen molar-refractivity contribution < 1.29 is 19.4 Å². The molecule has 88 valence electrons. The number of nitrogens with zero attached hydrogens (tertiary/aromatic N) is 1. The van der Waals surface area contributed by atoms with E-state index in [9.17, 15) is 9.59 Å². The Kier molecular flexibility index (Phi) is 4.25. The third-order valence-corrected chi connectivity index (χ3v) is 2.29. The predicted octanol–water partition coefficient (Wildman–Crippen LogP) is 1.31. The van der Waals surface area contributed by atoms with Gasteiger partial charge in [0.1, 0.15) is 5.78 Å². The van der Waals surface area contributed by atoms with Crippen LogP contribution in [0, 0.1) is 0 Å². The number of aromatic carboxylic acids is 1. The second kappa shape index (κ2) is 5.46. The Morgan fingerprint density at radius 3 is 2.69 bits per heavy atom. The molecular weight excluding hydrogens is 210 g/mol. The number of hydrogen-bond acceptors (Lipinski definition) is 3. The zero-order valence-corrected chi connectivity index (χ0v) is 9.40. The number of ketones is 1.